The van der Waals surface area contributed by atoms with Crippen LogP contribution in [0.5, 0.6) is 0 Å². The highest BCUT2D eigenvalue weighted by atomic mass is 35.5. The van der Waals surface area contributed by atoms with Crippen molar-refractivity contribution in [3.63, 3.8) is 0 Å². The second-order valence-electron chi connectivity index (χ2n) is 2.85. The summed E-state index contributed by atoms with van der Waals surface area (Å²) in [5, 5.41) is 7.62. The Kier molecular flexibility index (Phi) is 3.77. The second-order valence-corrected chi connectivity index (χ2v) is 4.53. The van der Waals surface area contributed by atoms with Crippen LogP contribution in [0.15, 0.2) is 34.9 Å². The van der Waals surface area contributed by atoms with Gasteiger partial charge in [0.05, 0.1) is 16.3 Å². The average Bonchev–Trinajstić information content (AvgIpc) is 2.77. The molecule has 6 heteroatoms. The fourth-order valence-corrected chi connectivity index (χ4v) is 1.89. The van der Waals surface area contributed by atoms with E-state index in [1.54, 1.807) is 18.5 Å². The molecule has 0 bridgehead atoms. The summed E-state index contributed by atoms with van der Waals surface area (Å²) in [5.41, 5.74) is 3.56. The molecule has 2 rings (SSSR count). The Bertz CT molecular complexity index is 497. The molecular formula is C10H7Cl2N3S. The molecular weight excluding hydrogens is 265 g/mol. The smallest absolute Gasteiger partial charge is 0.203 e. The molecule has 0 saturated heterocycles. The SMILES string of the molecule is Clc1cccc(/C=N\Nc2nccs2)c1Cl. The second kappa shape index (κ2) is 5.30. The van der Waals surface area contributed by atoms with Crippen LogP contribution in [-0.4, -0.2) is 11.2 Å². The third-order valence-corrected chi connectivity index (χ3v) is 3.29. The van der Waals surface area contributed by atoms with Crippen molar-refractivity contribution in [2.24, 2.45) is 5.10 Å². The van der Waals surface area contributed by atoms with Gasteiger partial charge in [0.15, 0.2) is 0 Å². The highest BCUT2D eigenvalue weighted by Crippen LogP contribution is 2.24. The summed E-state index contributed by atoms with van der Waals surface area (Å²) < 4.78 is 0. The number of aromatic nitrogens is 1. The van der Waals surface area contributed by atoms with E-state index in [1.165, 1.54) is 11.3 Å². The van der Waals surface area contributed by atoms with Gasteiger partial charge in [-0.3, -0.25) is 5.43 Å². The fourth-order valence-electron chi connectivity index (χ4n) is 1.06. The maximum atomic E-state index is 5.99. The number of anilines is 1. The normalized spacial score (nSPS) is 10.9. The van der Waals surface area contributed by atoms with Gasteiger partial charge in [0.1, 0.15) is 0 Å². The Morgan fingerprint density at radius 1 is 1.38 bits per heavy atom. The number of nitrogens with zero attached hydrogens (tertiary/aromatic N) is 2. The van der Waals surface area contributed by atoms with Crippen molar-refractivity contribution in [1.82, 2.24) is 4.98 Å². The van der Waals surface area contributed by atoms with E-state index in [9.17, 15) is 0 Å². The Morgan fingerprint density at radius 2 is 2.25 bits per heavy atom. The average molecular weight is 272 g/mol. The Hall–Kier alpha value is -1.10. The van der Waals surface area contributed by atoms with Gasteiger partial charge in [-0.1, -0.05) is 35.3 Å². The molecule has 0 spiro atoms. The summed E-state index contributed by atoms with van der Waals surface area (Å²) in [5.74, 6) is 0. The molecule has 0 atom stereocenters. The van der Waals surface area contributed by atoms with Gasteiger partial charge in [-0.15, -0.1) is 11.3 Å². The van der Waals surface area contributed by atoms with E-state index in [1.807, 2.05) is 17.5 Å². The Morgan fingerprint density at radius 3 is 3.00 bits per heavy atom. The summed E-state index contributed by atoms with van der Waals surface area (Å²) in [7, 11) is 0. The molecule has 0 aliphatic rings. The summed E-state index contributed by atoms with van der Waals surface area (Å²) in [4.78, 5) is 4.02. The van der Waals surface area contributed by atoms with Crippen molar-refractivity contribution < 1.29 is 0 Å². The van der Waals surface area contributed by atoms with Gasteiger partial charge in [-0.25, -0.2) is 4.98 Å². The lowest BCUT2D eigenvalue weighted by Crippen LogP contribution is -1.90. The van der Waals surface area contributed by atoms with Gasteiger partial charge in [-0.05, 0) is 6.07 Å². The monoisotopic (exact) mass is 271 g/mol. The zero-order valence-electron chi connectivity index (χ0n) is 8.02. The summed E-state index contributed by atoms with van der Waals surface area (Å²) in [6, 6.07) is 5.38. The van der Waals surface area contributed by atoms with Gasteiger partial charge in [0, 0.05) is 17.1 Å². The van der Waals surface area contributed by atoms with Gasteiger partial charge in [-0.2, -0.15) is 5.10 Å². The molecule has 0 fully saturated rings. The quantitative estimate of drug-likeness (QED) is 0.679. The zero-order chi connectivity index (χ0) is 11.4. The van der Waals surface area contributed by atoms with Crippen molar-refractivity contribution in [3.8, 4) is 0 Å². The van der Waals surface area contributed by atoms with Crippen LogP contribution < -0.4 is 5.43 Å². The van der Waals surface area contributed by atoms with Crippen LogP contribution in [0.2, 0.25) is 10.0 Å². The molecule has 1 aromatic heterocycles. The van der Waals surface area contributed by atoms with Gasteiger partial charge in [0.2, 0.25) is 5.13 Å². The zero-order valence-corrected chi connectivity index (χ0v) is 10.4. The number of hydrogen-bond acceptors (Lipinski definition) is 4. The van der Waals surface area contributed by atoms with Crippen LogP contribution in [0.25, 0.3) is 0 Å². The maximum absolute atomic E-state index is 5.99. The molecule has 0 aliphatic heterocycles. The largest absolute Gasteiger partial charge is 0.253 e. The molecule has 0 saturated carbocycles. The van der Waals surface area contributed by atoms with E-state index in [-0.39, 0.29) is 0 Å². The van der Waals surface area contributed by atoms with Crippen LogP contribution >= 0.6 is 34.5 Å². The molecule has 1 N–H and O–H groups in total. The Balaban J connectivity index is 2.09. The first-order valence-electron chi connectivity index (χ1n) is 4.40. The summed E-state index contributed by atoms with van der Waals surface area (Å²) in [6.07, 6.45) is 3.31. The standard InChI is InChI=1S/C10H7Cl2N3S/c11-8-3-1-2-7(9(8)12)6-14-15-10-13-4-5-16-10/h1-6H,(H,13,15)/b14-6-. The van der Waals surface area contributed by atoms with Crippen LogP contribution in [0, 0.1) is 0 Å². The highest BCUT2D eigenvalue weighted by molar-refractivity contribution is 7.13. The predicted octanol–water partition coefficient (Wildman–Crippen LogP) is 3.90. The molecule has 0 aliphatic carbocycles. The molecule has 16 heavy (non-hydrogen) atoms. The third-order valence-electron chi connectivity index (χ3n) is 1.78. The van der Waals surface area contributed by atoms with Crippen LogP contribution in [0.3, 0.4) is 0 Å². The fraction of sp³-hybridized carbons (Fsp3) is 0. The molecule has 1 heterocycles. The predicted molar refractivity (Wildman–Crippen MR) is 69.8 cm³/mol. The van der Waals surface area contributed by atoms with E-state index in [4.69, 9.17) is 23.2 Å². The molecule has 3 nitrogen and oxygen atoms in total. The molecule has 2 aromatic rings. The van der Waals surface area contributed by atoms with Gasteiger partial charge in [0.25, 0.3) is 0 Å². The topological polar surface area (TPSA) is 37.3 Å². The molecule has 0 unspecified atom stereocenters. The lowest BCUT2D eigenvalue weighted by Gasteiger charge is -1.99. The minimum atomic E-state index is 0.494. The molecule has 0 radical (unpaired) electrons. The Labute approximate surface area is 107 Å². The van der Waals surface area contributed by atoms with E-state index < -0.39 is 0 Å². The maximum Gasteiger partial charge on any atom is 0.203 e. The number of halogens is 2. The number of hydrazone groups is 1. The van der Waals surface area contributed by atoms with Gasteiger partial charge < -0.3 is 0 Å². The van der Waals surface area contributed by atoms with E-state index in [0.29, 0.717) is 10.0 Å². The number of rotatable bonds is 3. The van der Waals surface area contributed by atoms with Crippen molar-refractivity contribution in [2.75, 3.05) is 5.43 Å². The molecule has 1 aromatic carbocycles. The third kappa shape index (κ3) is 2.72. The minimum absolute atomic E-state index is 0.494. The van der Waals surface area contributed by atoms with Crippen LogP contribution in [0.1, 0.15) is 5.56 Å². The van der Waals surface area contributed by atoms with Crippen molar-refractivity contribution >= 4 is 45.9 Å². The van der Waals surface area contributed by atoms with Crippen molar-refractivity contribution in [1.29, 1.82) is 0 Å². The summed E-state index contributed by atoms with van der Waals surface area (Å²) in [6.45, 7) is 0. The highest BCUT2D eigenvalue weighted by Gasteiger charge is 2.01. The molecule has 0 amide bonds. The first-order chi connectivity index (χ1) is 7.77. The van der Waals surface area contributed by atoms with E-state index in [0.717, 1.165) is 10.7 Å². The number of benzene rings is 1. The van der Waals surface area contributed by atoms with Crippen LogP contribution in [0.4, 0.5) is 5.13 Å². The first kappa shape index (κ1) is 11.4. The summed E-state index contributed by atoms with van der Waals surface area (Å²) >= 11 is 13.3. The molecule has 82 valence electrons. The minimum Gasteiger partial charge on any atom is -0.253 e. The lowest BCUT2D eigenvalue weighted by atomic mass is 10.2. The first-order valence-corrected chi connectivity index (χ1v) is 6.03. The van der Waals surface area contributed by atoms with Gasteiger partial charge >= 0.3 is 0 Å². The van der Waals surface area contributed by atoms with E-state index in [2.05, 4.69) is 15.5 Å². The lowest BCUT2D eigenvalue weighted by molar-refractivity contribution is 1.29. The number of nitrogens with one attached hydrogen (secondary N) is 1. The van der Waals surface area contributed by atoms with Crippen molar-refractivity contribution in [3.05, 3.63) is 45.4 Å². The van der Waals surface area contributed by atoms with Crippen LogP contribution in [-0.2, 0) is 0 Å². The number of thiazole rings is 1. The van der Waals surface area contributed by atoms with E-state index >= 15 is 0 Å². The number of hydrogen-bond donors (Lipinski definition) is 1. The van der Waals surface area contributed by atoms with Crippen molar-refractivity contribution in [2.45, 2.75) is 0 Å².